The molecule has 0 saturated carbocycles. The average molecular weight is 338 g/mol. The molecule has 3 rings (SSSR count). The molecule has 1 unspecified atom stereocenters. The lowest BCUT2D eigenvalue weighted by Crippen LogP contribution is -2.37. The summed E-state index contributed by atoms with van der Waals surface area (Å²) in [6, 6.07) is 19.6. The number of nitrogens with zero attached hydrogens (tertiary/aromatic N) is 1. The number of nitrogens with one attached hydrogen (secondary N) is 1. The molecular formula is C22H30N2O. The number of likely N-dealkylation sites (tertiary alicyclic amines) is 1. The van der Waals surface area contributed by atoms with E-state index in [0.717, 1.165) is 45.4 Å². The van der Waals surface area contributed by atoms with Crippen LogP contribution in [0.15, 0.2) is 54.6 Å². The van der Waals surface area contributed by atoms with Gasteiger partial charge in [0.25, 0.3) is 0 Å². The van der Waals surface area contributed by atoms with Crippen molar-refractivity contribution in [1.82, 2.24) is 10.2 Å². The fraction of sp³-hybridized carbons (Fsp3) is 0.455. The predicted molar refractivity (Wildman–Crippen MR) is 104 cm³/mol. The molecule has 0 spiro atoms. The summed E-state index contributed by atoms with van der Waals surface area (Å²) in [6.07, 6.45) is 2.88. The maximum absolute atomic E-state index is 9.61. The number of aryl methyl sites for hydroxylation is 1. The highest BCUT2D eigenvalue weighted by Crippen LogP contribution is 2.24. The van der Waals surface area contributed by atoms with Gasteiger partial charge in [0.1, 0.15) is 0 Å². The van der Waals surface area contributed by atoms with Crippen LogP contribution in [-0.2, 0) is 0 Å². The molecule has 2 aromatic rings. The van der Waals surface area contributed by atoms with Crippen LogP contribution in [0, 0.1) is 6.92 Å². The number of rotatable bonds is 7. The summed E-state index contributed by atoms with van der Waals surface area (Å²) in [5.74, 6) is 0. The van der Waals surface area contributed by atoms with Gasteiger partial charge in [-0.15, -0.1) is 0 Å². The molecule has 0 bridgehead atoms. The third-order valence-corrected chi connectivity index (χ3v) is 5.19. The molecular weight excluding hydrogens is 308 g/mol. The molecule has 1 atom stereocenters. The van der Waals surface area contributed by atoms with Crippen LogP contribution in [0.4, 0.5) is 0 Å². The molecule has 2 aromatic carbocycles. The largest absolute Gasteiger partial charge is 0.393 e. The van der Waals surface area contributed by atoms with Crippen molar-refractivity contribution >= 4 is 0 Å². The molecule has 1 fully saturated rings. The fourth-order valence-corrected chi connectivity index (χ4v) is 3.66. The highest BCUT2D eigenvalue weighted by molar-refractivity contribution is 5.36. The Hall–Kier alpha value is -1.68. The van der Waals surface area contributed by atoms with E-state index in [1.807, 2.05) is 0 Å². The van der Waals surface area contributed by atoms with Gasteiger partial charge >= 0.3 is 0 Å². The Morgan fingerprint density at radius 2 is 1.72 bits per heavy atom. The molecule has 134 valence electrons. The van der Waals surface area contributed by atoms with Crippen molar-refractivity contribution < 1.29 is 5.11 Å². The second-order valence-corrected chi connectivity index (χ2v) is 7.08. The van der Waals surface area contributed by atoms with E-state index in [1.165, 1.54) is 16.7 Å². The number of hydrogen-bond donors (Lipinski definition) is 2. The molecule has 1 heterocycles. The van der Waals surface area contributed by atoms with Crippen LogP contribution in [0.1, 0.15) is 42.0 Å². The van der Waals surface area contributed by atoms with Gasteiger partial charge in [-0.1, -0.05) is 54.6 Å². The summed E-state index contributed by atoms with van der Waals surface area (Å²) in [4.78, 5) is 2.47. The maximum atomic E-state index is 9.61. The Bertz CT molecular complexity index is 635. The van der Waals surface area contributed by atoms with E-state index in [2.05, 4.69) is 71.7 Å². The third-order valence-electron chi connectivity index (χ3n) is 5.19. The number of aliphatic hydroxyl groups is 1. The molecule has 0 radical (unpaired) electrons. The van der Waals surface area contributed by atoms with Crippen molar-refractivity contribution in [3.05, 3.63) is 71.3 Å². The normalized spacial score (nSPS) is 17.5. The minimum absolute atomic E-state index is 0.0853. The lowest BCUT2D eigenvalue weighted by Gasteiger charge is -2.29. The molecule has 1 saturated heterocycles. The van der Waals surface area contributed by atoms with Gasteiger partial charge in [-0.3, -0.25) is 0 Å². The second kappa shape index (κ2) is 9.14. The van der Waals surface area contributed by atoms with Crippen molar-refractivity contribution in [2.45, 2.75) is 38.3 Å². The van der Waals surface area contributed by atoms with Crippen LogP contribution in [0.25, 0.3) is 0 Å². The number of hydrogen-bond acceptors (Lipinski definition) is 3. The molecule has 0 aliphatic carbocycles. The zero-order valence-electron chi connectivity index (χ0n) is 15.2. The Balaban J connectivity index is 1.58. The van der Waals surface area contributed by atoms with Crippen LogP contribution < -0.4 is 5.32 Å². The van der Waals surface area contributed by atoms with E-state index in [0.29, 0.717) is 0 Å². The Morgan fingerprint density at radius 3 is 2.44 bits per heavy atom. The van der Waals surface area contributed by atoms with Gasteiger partial charge in [0, 0.05) is 13.1 Å². The predicted octanol–water partition coefficient (Wildman–Crippen LogP) is 3.52. The Kier molecular flexibility index (Phi) is 6.62. The van der Waals surface area contributed by atoms with E-state index in [-0.39, 0.29) is 12.1 Å². The van der Waals surface area contributed by atoms with E-state index in [1.54, 1.807) is 0 Å². The Labute approximate surface area is 151 Å². The van der Waals surface area contributed by atoms with Gasteiger partial charge in [-0.2, -0.15) is 0 Å². The lowest BCUT2D eigenvalue weighted by molar-refractivity contribution is 0.0820. The van der Waals surface area contributed by atoms with E-state index >= 15 is 0 Å². The zero-order valence-corrected chi connectivity index (χ0v) is 15.2. The SMILES string of the molecule is Cc1ccccc1C(NCCCN1CCC(O)CC1)c1ccccc1. The molecule has 1 aliphatic rings. The van der Waals surface area contributed by atoms with Gasteiger partial charge in [-0.05, 0) is 56.0 Å². The first-order valence-corrected chi connectivity index (χ1v) is 9.48. The summed E-state index contributed by atoms with van der Waals surface area (Å²) < 4.78 is 0. The minimum Gasteiger partial charge on any atom is -0.393 e. The zero-order chi connectivity index (χ0) is 17.5. The number of piperidine rings is 1. The molecule has 25 heavy (non-hydrogen) atoms. The highest BCUT2D eigenvalue weighted by atomic mass is 16.3. The van der Waals surface area contributed by atoms with Gasteiger partial charge in [0.2, 0.25) is 0 Å². The van der Waals surface area contributed by atoms with Crippen molar-refractivity contribution in [3.8, 4) is 0 Å². The molecule has 2 N–H and O–H groups in total. The molecule has 1 aliphatic heterocycles. The van der Waals surface area contributed by atoms with Crippen molar-refractivity contribution in [2.75, 3.05) is 26.2 Å². The van der Waals surface area contributed by atoms with Crippen molar-refractivity contribution in [3.63, 3.8) is 0 Å². The quantitative estimate of drug-likeness (QED) is 0.758. The third kappa shape index (κ3) is 5.15. The highest BCUT2D eigenvalue weighted by Gasteiger charge is 2.17. The van der Waals surface area contributed by atoms with Crippen LogP contribution in [0.2, 0.25) is 0 Å². The fourth-order valence-electron chi connectivity index (χ4n) is 3.66. The monoisotopic (exact) mass is 338 g/mol. The van der Waals surface area contributed by atoms with E-state index in [9.17, 15) is 5.11 Å². The van der Waals surface area contributed by atoms with Crippen LogP contribution >= 0.6 is 0 Å². The van der Waals surface area contributed by atoms with E-state index in [4.69, 9.17) is 0 Å². The first-order valence-electron chi connectivity index (χ1n) is 9.48. The smallest absolute Gasteiger partial charge is 0.0579 e. The van der Waals surface area contributed by atoms with Gasteiger partial charge in [0.15, 0.2) is 0 Å². The van der Waals surface area contributed by atoms with Crippen LogP contribution in [0.5, 0.6) is 0 Å². The molecule has 0 aromatic heterocycles. The standard InChI is InChI=1S/C22H30N2O/c1-18-8-5-6-11-21(18)22(19-9-3-2-4-10-19)23-14-7-15-24-16-12-20(25)13-17-24/h2-6,8-11,20,22-23,25H,7,12-17H2,1H3. The van der Waals surface area contributed by atoms with Gasteiger partial charge in [0.05, 0.1) is 12.1 Å². The summed E-state index contributed by atoms with van der Waals surface area (Å²) >= 11 is 0. The minimum atomic E-state index is -0.0853. The van der Waals surface area contributed by atoms with Crippen LogP contribution in [0.3, 0.4) is 0 Å². The first kappa shape index (κ1) is 18.1. The topological polar surface area (TPSA) is 35.5 Å². The second-order valence-electron chi connectivity index (χ2n) is 7.08. The van der Waals surface area contributed by atoms with E-state index < -0.39 is 0 Å². The van der Waals surface area contributed by atoms with Crippen molar-refractivity contribution in [2.24, 2.45) is 0 Å². The summed E-state index contributed by atoms with van der Waals surface area (Å²) in [5, 5.41) is 13.4. The average Bonchev–Trinajstić information content (AvgIpc) is 2.65. The number of aliphatic hydroxyl groups excluding tert-OH is 1. The number of benzene rings is 2. The summed E-state index contributed by atoms with van der Waals surface area (Å²) in [6.45, 7) is 6.34. The lowest BCUT2D eigenvalue weighted by atomic mass is 9.95. The van der Waals surface area contributed by atoms with Crippen LogP contribution in [-0.4, -0.2) is 42.3 Å². The van der Waals surface area contributed by atoms with Gasteiger partial charge < -0.3 is 15.3 Å². The Morgan fingerprint density at radius 1 is 1.04 bits per heavy atom. The van der Waals surface area contributed by atoms with Crippen molar-refractivity contribution in [1.29, 1.82) is 0 Å². The van der Waals surface area contributed by atoms with Gasteiger partial charge in [-0.25, -0.2) is 0 Å². The summed E-state index contributed by atoms with van der Waals surface area (Å²) in [5.41, 5.74) is 4.00. The molecule has 3 nitrogen and oxygen atoms in total. The molecule has 0 amide bonds. The maximum Gasteiger partial charge on any atom is 0.0579 e. The molecule has 3 heteroatoms. The first-order chi connectivity index (χ1) is 12.2. The summed E-state index contributed by atoms with van der Waals surface area (Å²) in [7, 11) is 0.